The van der Waals surface area contributed by atoms with Gasteiger partial charge in [-0.05, 0) is 126 Å². The summed E-state index contributed by atoms with van der Waals surface area (Å²) >= 11 is 5.12. The lowest BCUT2D eigenvalue weighted by atomic mass is 9.68. The van der Waals surface area contributed by atoms with Gasteiger partial charge in [0.1, 0.15) is 15.9 Å². The van der Waals surface area contributed by atoms with E-state index < -0.39 is 11.2 Å². The highest BCUT2D eigenvalue weighted by molar-refractivity contribution is 7.92. The number of hydrogen-bond donors (Lipinski definition) is 1. The molecule has 1 saturated heterocycles. The second-order valence-electron chi connectivity index (χ2n) is 11.1. The number of halogens is 1. The fourth-order valence-corrected chi connectivity index (χ4v) is 7.60. The average Bonchev–Trinajstić information content (AvgIpc) is 2.88. The van der Waals surface area contributed by atoms with Gasteiger partial charge in [0.05, 0.1) is 0 Å². The summed E-state index contributed by atoms with van der Waals surface area (Å²) < 4.78 is 15.1. The van der Waals surface area contributed by atoms with Gasteiger partial charge in [0.25, 0.3) is 5.56 Å². The standard InChI is InChI=1S/C28H36ClN5O2S/c1-18(2)34-25-20(16-23(29)26(34)35)17-30-27(32-25)31-24-6-5-22(15-19(24)3)37(36)21-7-9-28(10-8-21)11-13-33(4)14-12-28/h5-6,15-18,21H,7-14H2,1-4H3,(H,30,31,32). The minimum Gasteiger partial charge on any atom is -0.611 e. The van der Waals surface area contributed by atoms with Gasteiger partial charge < -0.3 is 14.8 Å². The van der Waals surface area contributed by atoms with Crippen LogP contribution in [0.4, 0.5) is 11.6 Å². The molecule has 198 valence electrons. The molecule has 37 heavy (non-hydrogen) atoms. The predicted octanol–water partition coefficient (Wildman–Crippen LogP) is 5.84. The number of aryl methyl sites for hydroxylation is 1. The van der Waals surface area contributed by atoms with E-state index >= 15 is 0 Å². The van der Waals surface area contributed by atoms with Crippen molar-refractivity contribution in [3.8, 4) is 0 Å². The molecule has 1 spiro atoms. The first-order valence-electron chi connectivity index (χ1n) is 13.2. The predicted molar refractivity (Wildman–Crippen MR) is 151 cm³/mol. The molecule has 0 radical (unpaired) electrons. The molecule has 1 aliphatic heterocycles. The highest BCUT2D eigenvalue weighted by atomic mass is 35.5. The monoisotopic (exact) mass is 541 g/mol. The van der Waals surface area contributed by atoms with Crippen LogP contribution >= 0.6 is 11.6 Å². The van der Waals surface area contributed by atoms with Gasteiger partial charge >= 0.3 is 0 Å². The van der Waals surface area contributed by atoms with Gasteiger partial charge in [0.15, 0.2) is 4.90 Å². The number of anilines is 2. The number of fused-ring (bicyclic) bond motifs is 1. The van der Waals surface area contributed by atoms with Crippen LogP contribution in [0.2, 0.25) is 5.02 Å². The molecular weight excluding hydrogens is 506 g/mol. The third kappa shape index (κ3) is 5.39. The molecule has 1 aromatic carbocycles. The van der Waals surface area contributed by atoms with E-state index in [1.807, 2.05) is 39.0 Å². The Kier molecular flexibility index (Phi) is 7.56. The lowest BCUT2D eigenvalue weighted by molar-refractivity contribution is 0.0816. The highest BCUT2D eigenvalue weighted by Gasteiger charge is 2.41. The number of benzene rings is 1. The van der Waals surface area contributed by atoms with Gasteiger partial charge in [-0.1, -0.05) is 11.6 Å². The maximum Gasteiger partial charge on any atom is 0.271 e. The van der Waals surface area contributed by atoms with Crippen molar-refractivity contribution in [3.63, 3.8) is 0 Å². The summed E-state index contributed by atoms with van der Waals surface area (Å²) in [5.41, 5.74) is 2.58. The fourth-order valence-electron chi connectivity index (χ4n) is 5.85. The summed E-state index contributed by atoms with van der Waals surface area (Å²) in [5, 5.41) is 4.37. The van der Waals surface area contributed by atoms with Crippen LogP contribution in [-0.4, -0.2) is 49.4 Å². The van der Waals surface area contributed by atoms with E-state index in [4.69, 9.17) is 11.6 Å². The van der Waals surface area contributed by atoms with Crippen molar-refractivity contribution in [3.05, 3.63) is 51.4 Å². The first-order valence-corrected chi connectivity index (χ1v) is 14.8. The molecule has 1 N–H and O–H groups in total. The molecule has 9 heteroatoms. The van der Waals surface area contributed by atoms with Crippen molar-refractivity contribution >= 4 is 45.4 Å². The van der Waals surface area contributed by atoms with Crippen LogP contribution in [0.25, 0.3) is 11.0 Å². The summed E-state index contributed by atoms with van der Waals surface area (Å²) in [7, 11) is 2.21. The molecule has 1 atom stereocenters. The number of nitrogens with one attached hydrogen (secondary N) is 1. The molecule has 0 amide bonds. The number of hydrogen-bond acceptors (Lipinski definition) is 6. The van der Waals surface area contributed by atoms with E-state index in [1.54, 1.807) is 16.8 Å². The largest absolute Gasteiger partial charge is 0.611 e. The van der Waals surface area contributed by atoms with Gasteiger partial charge in [-0.15, -0.1) is 0 Å². The van der Waals surface area contributed by atoms with E-state index in [9.17, 15) is 9.35 Å². The normalized spacial score (nSPS) is 19.5. The van der Waals surface area contributed by atoms with Crippen LogP contribution in [0.5, 0.6) is 0 Å². The minimum atomic E-state index is -1.01. The van der Waals surface area contributed by atoms with Crippen molar-refractivity contribution in [2.45, 2.75) is 75.5 Å². The van der Waals surface area contributed by atoms with E-state index in [1.165, 1.54) is 38.8 Å². The molecule has 1 unspecified atom stereocenters. The number of piperidine rings is 1. The molecule has 2 aliphatic rings. The van der Waals surface area contributed by atoms with Crippen LogP contribution in [-0.2, 0) is 11.2 Å². The summed E-state index contributed by atoms with van der Waals surface area (Å²) in [4.78, 5) is 25.0. The smallest absolute Gasteiger partial charge is 0.271 e. The molecular formula is C28H36ClN5O2S. The second-order valence-corrected chi connectivity index (χ2v) is 13.3. The first kappa shape index (κ1) is 26.5. The number of rotatable bonds is 5. The zero-order valence-corrected chi connectivity index (χ0v) is 23.7. The molecule has 3 heterocycles. The van der Waals surface area contributed by atoms with E-state index in [-0.39, 0.29) is 21.9 Å². The van der Waals surface area contributed by atoms with Crippen LogP contribution in [0, 0.1) is 12.3 Å². The Morgan fingerprint density at radius 1 is 1.16 bits per heavy atom. The van der Waals surface area contributed by atoms with E-state index in [2.05, 4.69) is 27.2 Å². The molecule has 5 rings (SSSR count). The molecule has 1 saturated carbocycles. The third-order valence-corrected chi connectivity index (χ3v) is 10.3. The van der Waals surface area contributed by atoms with Crippen LogP contribution in [0.3, 0.4) is 0 Å². The van der Waals surface area contributed by atoms with Gasteiger partial charge in [-0.3, -0.25) is 9.36 Å². The zero-order valence-electron chi connectivity index (χ0n) is 22.1. The topological polar surface area (TPSA) is 86.1 Å². The molecule has 7 nitrogen and oxygen atoms in total. The Labute approximate surface area is 226 Å². The van der Waals surface area contributed by atoms with E-state index in [0.717, 1.165) is 29.0 Å². The molecule has 1 aliphatic carbocycles. The maximum atomic E-state index is 13.5. The van der Waals surface area contributed by atoms with E-state index in [0.29, 0.717) is 22.4 Å². The van der Waals surface area contributed by atoms with Crippen molar-refractivity contribution in [1.82, 2.24) is 19.4 Å². The van der Waals surface area contributed by atoms with Gasteiger partial charge in [-0.25, -0.2) is 4.98 Å². The first-order chi connectivity index (χ1) is 17.7. The van der Waals surface area contributed by atoms with Gasteiger partial charge in [0, 0.05) is 23.3 Å². The summed E-state index contributed by atoms with van der Waals surface area (Å²) in [5.74, 6) is 0.399. The van der Waals surface area contributed by atoms with Gasteiger partial charge in [0.2, 0.25) is 5.95 Å². The summed E-state index contributed by atoms with van der Waals surface area (Å²) in [6.45, 7) is 8.23. The Hall–Kier alpha value is -2.13. The van der Waals surface area contributed by atoms with Crippen LogP contribution in [0.1, 0.15) is 64.0 Å². The highest BCUT2D eigenvalue weighted by Crippen LogP contribution is 2.46. The molecule has 0 bridgehead atoms. The Morgan fingerprint density at radius 3 is 2.51 bits per heavy atom. The van der Waals surface area contributed by atoms with Crippen molar-refractivity contribution in [2.75, 3.05) is 25.5 Å². The SMILES string of the molecule is Cc1cc([S+]([O-])C2CCC3(CC2)CCN(C)CC3)ccc1Nc1ncc2cc(Cl)c(=O)n(C(C)C)c2n1. The fraction of sp³-hybridized carbons (Fsp3) is 0.536. The van der Waals surface area contributed by atoms with Gasteiger partial charge in [-0.2, -0.15) is 4.98 Å². The maximum absolute atomic E-state index is 13.5. The van der Waals surface area contributed by atoms with Crippen molar-refractivity contribution in [2.24, 2.45) is 5.41 Å². The number of likely N-dealkylation sites (tertiary alicyclic amines) is 1. The number of nitrogens with zero attached hydrogens (tertiary/aromatic N) is 4. The lowest BCUT2D eigenvalue weighted by Gasteiger charge is -2.45. The molecule has 2 fully saturated rings. The second kappa shape index (κ2) is 10.6. The molecule has 2 aromatic heterocycles. The Balaban J connectivity index is 1.30. The van der Waals surface area contributed by atoms with Crippen molar-refractivity contribution in [1.29, 1.82) is 0 Å². The molecule has 3 aromatic rings. The van der Waals surface area contributed by atoms with Crippen LogP contribution in [0.15, 0.2) is 40.2 Å². The number of aromatic nitrogens is 3. The summed E-state index contributed by atoms with van der Waals surface area (Å²) in [6, 6.07) is 7.44. The van der Waals surface area contributed by atoms with Crippen molar-refractivity contribution < 1.29 is 4.55 Å². The Morgan fingerprint density at radius 2 is 1.86 bits per heavy atom. The number of pyridine rings is 1. The van der Waals surface area contributed by atoms with Crippen LogP contribution < -0.4 is 10.9 Å². The lowest BCUT2D eigenvalue weighted by Crippen LogP contribution is -2.42. The zero-order chi connectivity index (χ0) is 26.3. The average molecular weight is 542 g/mol. The summed E-state index contributed by atoms with van der Waals surface area (Å²) in [6.07, 6.45) is 8.71. The quantitative estimate of drug-likeness (QED) is 0.408. The minimum absolute atomic E-state index is 0.0958. The Bertz CT molecular complexity index is 1340. The third-order valence-electron chi connectivity index (χ3n) is 8.27.